The summed E-state index contributed by atoms with van der Waals surface area (Å²) < 4.78 is 11.1. The van der Waals surface area contributed by atoms with Gasteiger partial charge in [-0.25, -0.2) is 0 Å². The molecule has 0 radical (unpaired) electrons. The predicted octanol–water partition coefficient (Wildman–Crippen LogP) is 1.91. The zero-order chi connectivity index (χ0) is 10.6. The second-order valence-corrected chi connectivity index (χ2v) is 6.63. The van der Waals surface area contributed by atoms with Crippen LogP contribution in [0.3, 0.4) is 0 Å². The van der Waals surface area contributed by atoms with E-state index >= 15 is 0 Å². The molecule has 0 saturated heterocycles. The highest BCUT2D eigenvalue weighted by Gasteiger charge is 2.05. The summed E-state index contributed by atoms with van der Waals surface area (Å²) >= 11 is 1.81. The van der Waals surface area contributed by atoms with E-state index in [1.807, 2.05) is 18.3 Å². The average molecular weight is 231 g/mol. The van der Waals surface area contributed by atoms with Crippen LogP contribution >= 0.6 is 11.3 Å². The van der Waals surface area contributed by atoms with Crippen molar-refractivity contribution in [2.24, 2.45) is 0 Å². The van der Waals surface area contributed by atoms with Crippen molar-refractivity contribution in [3.8, 4) is 0 Å². The molecular weight excluding hydrogens is 214 g/mol. The smallest absolute Gasteiger partial charge is 0.0441 e. The highest BCUT2D eigenvalue weighted by Crippen LogP contribution is 2.14. The Hall–Kier alpha value is -0.190. The van der Waals surface area contributed by atoms with E-state index < -0.39 is 10.8 Å². The van der Waals surface area contributed by atoms with Crippen LogP contribution in [0.1, 0.15) is 16.7 Å². The van der Waals surface area contributed by atoms with E-state index in [2.05, 4.69) is 24.4 Å². The maximum absolute atomic E-state index is 11.1. The van der Waals surface area contributed by atoms with Crippen molar-refractivity contribution in [3.05, 3.63) is 21.9 Å². The van der Waals surface area contributed by atoms with Crippen LogP contribution < -0.4 is 5.32 Å². The maximum Gasteiger partial charge on any atom is 0.0441 e. The standard InChI is InChI=1S/C10H17NOS2/c1-8-4-5-10(13-8)7-11-6-9(2)14(3)12/h4-5,9,11H,6-7H2,1-3H3. The quantitative estimate of drug-likeness (QED) is 0.839. The first kappa shape index (κ1) is 11.9. The van der Waals surface area contributed by atoms with Gasteiger partial charge < -0.3 is 5.32 Å². The van der Waals surface area contributed by atoms with Crippen LogP contribution in [0.4, 0.5) is 0 Å². The fraction of sp³-hybridized carbons (Fsp3) is 0.600. The number of rotatable bonds is 5. The van der Waals surface area contributed by atoms with Gasteiger partial charge in [0.15, 0.2) is 0 Å². The fourth-order valence-corrected chi connectivity index (χ4v) is 2.31. The van der Waals surface area contributed by atoms with Crippen molar-refractivity contribution in [2.45, 2.75) is 25.6 Å². The third-order valence-electron chi connectivity index (χ3n) is 2.09. The first-order valence-electron chi connectivity index (χ1n) is 4.68. The Kier molecular flexibility index (Phi) is 4.78. The molecule has 1 N–H and O–H groups in total. The summed E-state index contributed by atoms with van der Waals surface area (Å²) in [6, 6.07) is 4.27. The van der Waals surface area contributed by atoms with Crippen molar-refractivity contribution in [3.63, 3.8) is 0 Å². The summed E-state index contributed by atoms with van der Waals surface area (Å²) in [4.78, 5) is 2.69. The lowest BCUT2D eigenvalue weighted by Gasteiger charge is -2.08. The highest BCUT2D eigenvalue weighted by molar-refractivity contribution is 7.84. The van der Waals surface area contributed by atoms with E-state index in [-0.39, 0.29) is 5.25 Å². The van der Waals surface area contributed by atoms with E-state index in [1.54, 1.807) is 6.26 Å². The minimum absolute atomic E-state index is 0.232. The lowest BCUT2D eigenvalue weighted by molar-refractivity contribution is 0.650. The third kappa shape index (κ3) is 3.90. The summed E-state index contributed by atoms with van der Waals surface area (Å²) in [5.41, 5.74) is 0. The number of aryl methyl sites for hydroxylation is 1. The molecule has 0 bridgehead atoms. The summed E-state index contributed by atoms with van der Waals surface area (Å²) in [6.45, 7) is 5.82. The minimum Gasteiger partial charge on any atom is -0.311 e. The van der Waals surface area contributed by atoms with Crippen molar-refractivity contribution in [1.29, 1.82) is 0 Å². The lowest BCUT2D eigenvalue weighted by Crippen LogP contribution is -2.26. The largest absolute Gasteiger partial charge is 0.311 e. The monoisotopic (exact) mass is 231 g/mol. The second kappa shape index (κ2) is 5.63. The summed E-state index contributed by atoms with van der Waals surface area (Å²) in [6.07, 6.45) is 1.75. The van der Waals surface area contributed by atoms with Gasteiger partial charge in [0.1, 0.15) is 0 Å². The predicted molar refractivity (Wildman–Crippen MR) is 64.3 cm³/mol. The zero-order valence-corrected chi connectivity index (χ0v) is 10.5. The lowest BCUT2D eigenvalue weighted by atomic mass is 10.4. The van der Waals surface area contributed by atoms with Crippen molar-refractivity contribution in [1.82, 2.24) is 5.32 Å². The van der Waals surface area contributed by atoms with Gasteiger partial charge in [0.2, 0.25) is 0 Å². The van der Waals surface area contributed by atoms with Gasteiger partial charge >= 0.3 is 0 Å². The van der Waals surface area contributed by atoms with Gasteiger partial charge in [0.25, 0.3) is 0 Å². The molecule has 2 unspecified atom stereocenters. The average Bonchev–Trinajstić information content (AvgIpc) is 2.51. The first-order chi connectivity index (χ1) is 6.59. The molecule has 4 heteroatoms. The molecule has 0 aliphatic heterocycles. The number of hydrogen-bond donors (Lipinski definition) is 1. The fourth-order valence-electron chi connectivity index (χ4n) is 1.10. The molecule has 1 aromatic heterocycles. The maximum atomic E-state index is 11.1. The minimum atomic E-state index is -0.722. The van der Waals surface area contributed by atoms with Gasteiger partial charge in [-0.15, -0.1) is 11.3 Å². The normalized spacial score (nSPS) is 15.4. The van der Waals surface area contributed by atoms with Crippen LogP contribution in [0.15, 0.2) is 12.1 Å². The molecule has 1 aromatic rings. The molecule has 0 saturated carbocycles. The molecule has 0 aliphatic carbocycles. The summed E-state index contributed by atoms with van der Waals surface area (Å²) in [5.74, 6) is 0. The number of thiophene rings is 1. The van der Waals surface area contributed by atoms with Crippen LogP contribution in [0.5, 0.6) is 0 Å². The zero-order valence-electron chi connectivity index (χ0n) is 8.87. The molecule has 0 spiro atoms. The van der Waals surface area contributed by atoms with Gasteiger partial charge in [0.05, 0.1) is 0 Å². The van der Waals surface area contributed by atoms with E-state index in [4.69, 9.17) is 0 Å². The van der Waals surface area contributed by atoms with Crippen LogP contribution in [0, 0.1) is 6.92 Å². The van der Waals surface area contributed by atoms with Gasteiger partial charge in [-0.1, -0.05) is 0 Å². The van der Waals surface area contributed by atoms with Crippen LogP contribution in [0.2, 0.25) is 0 Å². The number of hydrogen-bond acceptors (Lipinski definition) is 3. The topological polar surface area (TPSA) is 29.1 Å². The molecule has 80 valence electrons. The summed E-state index contributed by atoms with van der Waals surface area (Å²) in [7, 11) is -0.722. The van der Waals surface area contributed by atoms with Gasteiger partial charge in [-0.05, 0) is 26.0 Å². The van der Waals surface area contributed by atoms with Crippen LogP contribution in [-0.4, -0.2) is 22.3 Å². The Balaban J connectivity index is 2.25. The molecule has 14 heavy (non-hydrogen) atoms. The molecule has 0 fully saturated rings. The molecule has 0 aliphatic rings. The van der Waals surface area contributed by atoms with Crippen LogP contribution in [0.25, 0.3) is 0 Å². The molecule has 1 heterocycles. The van der Waals surface area contributed by atoms with E-state index in [1.165, 1.54) is 9.75 Å². The van der Waals surface area contributed by atoms with E-state index in [0.717, 1.165) is 13.1 Å². The molecule has 1 rings (SSSR count). The Morgan fingerprint density at radius 1 is 1.57 bits per heavy atom. The van der Waals surface area contributed by atoms with Crippen molar-refractivity contribution in [2.75, 3.05) is 12.8 Å². The van der Waals surface area contributed by atoms with Crippen molar-refractivity contribution >= 4 is 22.1 Å². The molecule has 0 aromatic carbocycles. The Bertz CT molecular complexity index is 309. The van der Waals surface area contributed by atoms with Crippen molar-refractivity contribution < 1.29 is 4.21 Å². The summed E-state index contributed by atoms with van der Waals surface area (Å²) in [5, 5.41) is 3.55. The third-order valence-corrected chi connectivity index (χ3v) is 4.39. The van der Waals surface area contributed by atoms with E-state index in [0.29, 0.717) is 0 Å². The second-order valence-electron chi connectivity index (χ2n) is 3.45. The molecule has 2 nitrogen and oxygen atoms in total. The van der Waals surface area contributed by atoms with Crippen LogP contribution in [-0.2, 0) is 17.3 Å². The SMILES string of the molecule is Cc1ccc(CNCC(C)S(C)=O)s1. The Morgan fingerprint density at radius 3 is 2.79 bits per heavy atom. The Morgan fingerprint density at radius 2 is 2.29 bits per heavy atom. The Labute approximate surface area is 92.2 Å². The first-order valence-corrected chi connectivity index (χ1v) is 7.11. The molecular formula is C10H17NOS2. The highest BCUT2D eigenvalue weighted by atomic mass is 32.2. The van der Waals surface area contributed by atoms with Gasteiger partial charge in [-0.3, -0.25) is 4.21 Å². The van der Waals surface area contributed by atoms with E-state index in [9.17, 15) is 4.21 Å². The molecule has 2 atom stereocenters. The molecule has 0 amide bonds. The van der Waals surface area contributed by atoms with Gasteiger partial charge in [0, 0.05) is 45.1 Å². The number of nitrogens with one attached hydrogen (secondary N) is 1. The van der Waals surface area contributed by atoms with Gasteiger partial charge in [-0.2, -0.15) is 0 Å².